The minimum Gasteiger partial charge on any atom is -0.463 e. The van der Waals surface area contributed by atoms with Gasteiger partial charge < -0.3 is 9.73 Å². The number of hydrogen-bond acceptors (Lipinski definition) is 3. The van der Waals surface area contributed by atoms with Gasteiger partial charge in [-0.25, -0.2) is 0 Å². The van der Waals surface area contributed by atoms with Crippen molar-refractivity contribution in [3.05, 3.63) is 23.7 Å². The Labute approximate surface area is 112 Å². The van der Waals surface area contributed by atoms with Crippen molar-refractivity contribution in [3.63, 3.8) is 0 Å². The van der Waals surface area contributed by atoms with Crippen molar-refractivity contribution in [2.45, 2.75) is 53.2 Å². The van der Waals surface area contributed by atoms with Gasteiger partial charge in [0.25, 0.3) is 0 Å². The molecule has 18 heavy (non-hydrogen) atoms. The lowest BCUT2D eigenvalue weighted by Crippen LogP contribution is -2.34. The average molecular weight is 252 g/mol. The van der Waals surface area contributed by atoms with Crippen LogP contribution in [0.2, 0.25) is 0 Å². The molecule has 0 atom stereocenters. The highest BCUT2D eigenvalue weighted by Gasteiger charge is 2.11. The molecule has 1 rings (SSSR count). The summed E-state index contributed by atoms with van der Waals surface area (Å²) >= 11 is 0. The lowest BCUT2D eigenvalue weighted by molar-refractivity contribution is 0.260. The monoisotopic (exact) mass is 252 g/mol. The molecule has 0 aromatic carbocycles. The standard InChI is InChI=1S/C15H28N2O/c1-12(2)10-17(6)11-14-8-7-13(18-14)9-16-15(3,4)5/h7-8,12,16H,9-11H2,1-6H3. The molecule has 1 aromatic rings. The maximum atomic E-state index is 5.83. The predicted octanol–water partition coefficient (Wildman–Crippen LogP) is 3.26. The van der Waals surface area contributed by atoms with Crippen LogP contribution in [0.1, 0.15) is 46.1 Å². The van der Waals surface area contributed by atoms with Gasteiger partial charge in [0.15, 0.2) is 0 Å². The van der Waals surface area contributed by atoms with Crippen LogP contribution in [-0.2, 0) is 13.1 Å². The molecule has 1 N–H and O–H groups in total. The van der Waals surface area contributed by atoms with E-state index in [0.717, 1.165) is 31.2 Å². The van der Waals surface area contributed by atoms with E-state index in [0.29, 0.717) is 5.92 Å². The predicted molar refractivity (Wildman–Crippen MR) is 76.5 cm³/mol. The average Bonchev–Trinajstić information content (AvgIpc) is 2.60. The Balaban J connectivity index is 2.43. The van der Waals surface area contributed by atoms with Crippen molar-refractivity contribution in [1.82, 2.24) is 10.2 Å². The molecule has 0 saturated carbocycles. The topological polar surface area (TPSA) is 28.4 Å². The highest BCUT2D eigenvalue weighted by Crippen LogP contribution is 2.12. The first-order valence-corrected chi connectivity index (χ1v) is 6.77. The molecular formula is C15H28N2O. The first-order valence-electron chi connectivity index (χ1n) is 6.77. The third-order valence-electron chi connectivity index (χ3n) is 2.61. The Morgan fingerprint density at radius 2 is 1.83 bits per heavy atom. The fourth-order valence-electron chi connectivity index (χ4n) is 1.91. The SMILES string of the molecule is CC(C)CN(C)Cc1ccc(CNC(C)(C)C)o1. The van der Waals surface area contributed by atoms with E-state index in [-0.39, 0.29) is 5.54 Å². The molecule has 0 radical (unpaired) electrons. The Morgan fingerprint density at radius 1 is 1.22 bits per heavy atom. The van der Waals surface area contributed by atoms with Crippen LogP contribution in [0, 0.1) is 5.92 Å². The molecule has 0 fully saturated rings. The van der Waals surface area contributed by atoms with Crippen molar-refractivity contribution in [1.29, 1.82) is 0 Å². The number of furan rings is 1. The minimum absolute atomic E-state index is 0.126. The van der Waals surface area contributed by atoms with Crippen molar-refractivity contribution in [3.8, 4) is 0 Å². The van der Waals surface area contributed by atoms with Crippen molar-refractivity contribution >= 4 is 0 Å². The molecule has 104 valence electrons. The summed E-state index contributed by atoms with van der Waals surface area (Å²) in [7, 11) is 2.13. The molecule has 0 aliphatic rings. The number of hydrogen-bond donors (Lipinski definition) is 1. The molecule has 1 heterocycles. The van der Waals surface area contributed by atoms with Gasteiger partial charge in [0.05, 0.1) is 13.1 Å². The molecule has 3 nitrogen and oxygen atoms in total. The van der Waals surface area contributed by atoms with E-state index in [1.54, 1.807) is 0 Å². The van der Waals surface area contributed by atoms with Gasteiger partial charge >= 0.3 is 0 Å². The van der Waals surface area contributed by atoms with Gasteiger partial charge in [-0.05, 0) is 45.9 Å². The zero-order valence-electron chi connectivity index (χ0n) is 12.7. The minimum atomic E-state index is 0.126. The van der Waals surface area contributed by atoms with Crippen LogP contribution in [-0.4, -0.2) is 24.0 Å². The van der Waals surface area contributed by atoms with E-state index in [4.69, 9.17) is 4.42 Å². The van der Waals surface area contributed by atoms with Gasteiger partial charge in [0, 0.05) is 12.1 Å². The van der Waals surface area contributed by atoms with E-state index < -0.39 is 0 Å². The van der Waals surface area contributed by atoms with Gasteiger partial charge in [0.2, 0.25) is 0 Å². The molecule has 0 amide bonds. The molecule has 0 unspecified atom stereocenters. The van der Waals surface area contributed by atoms with Crippen LogP contribution in [0.15, 0.2) is 16.5 Å². The second-order valence-corrected chi connectivity index (χ2v) is 6.56. The summed E-state index contributed by atoms with van der Waals surface area (Å²) in [6, 6.07) is 4.15. The second kappa shape index (κ2) is 6.39. The van der Waals surface area contributed by atoms with Crippen LogP contribution < -0.4 is 5.32 Å². The molecule has 0 spiro atoms. The van der Waals surface area contributed by atoms with E-state index in [2.05, 4.69) is 64.0 Å². The van der Waals surface area contributed by atoms with Crippen molar-refractivity contribution < 1.29 is 4.42 Å². The van der Waals surface area contributed by atoms with E-state index in [1.165, 1.54) is 0 Å². The highest BCUT2D eigenvalue weighted by atomic mass is 16.3. The second-order valence-electron chi connectivity index (χ2n) is 6.56. The smallest absolute Gasteiger partial charge is 0.118 e. The van der Waals surface area contributed by atoms with Gasteiger partial charge in [-0.3, -0.25) is 4.90 Å². The summed E-state index contributed by atoms with van der Waals surface area (Å²) in [6.07, 6.45) is 0. The molecule has 0 aliphatic carbocycles. The molecule has 3 heteroatoms. The summed E-state index contributed by atoms with van der Waals surface area (Å²) in [6.45, 7) is 13.7. The lowest BCUT2D eigenvalue weighted by Gasteiger charge is -2.19. The zero-order valence-corrected chi connectivity index (χ0v) is 12.7. The Hall–Kier alpha value is -0.800. The van der Waals surface area contributed by atoms with Crippen LogP contribution in [0.4, 0.5) is 0 Å². The Bertz CT molecular complexity index is 350. The molecular weight excluding hydrogens is 224 g/mol. The fraction of sp³-hybridized carbons (Fsp3) is 0.733. The molecule has 0 saturated heterocycles. The Kier molecular flexibility index (Phi) is 5.42. The lowest BCUT2D eigenvalue weighted by atomic mass is 10.1. The Morgan fingerprint density at radius 3 is 2.39 bits per heavy atom. The van der Waals surface area contributed by atoms with Gasteiger partial charge in [-0.15, -0.1) is 0 Å². The first-order chi connectivity index (χ1) is 8.26. The number of nitrogens with zero attached hydrogens (tertiary/aromatic N) is 1. The third kappa shape index (κ3) is 6.22. The largest absolute Gasteiger partial charge is 0.463 e. The van der Waals surface area contributed by atoms with Crippen LogP contribution in [0.25, 0.3) is 0 Å². The van der Waals surface area contributed by atoms with Crippen LogP contribution in [0.3, 0.4) is 0 Å². The van der Waals surface area contributed by atoms with Crippen molar-refractivity contribution in [2.75, 3.05) is 13.6 Å². The molecule has 1 aromatic heterocycles. The molecule has 0 aliphatic heterocycles. The number of nitrogens with one attached hydrogen (secondary N) is 1. The van der Waals surface area contributed by atoms with E-state index >= 15 is 0 Å². The maximum Gasteiger partial charge on any atom is 0.118 e. The summed E-state index contributed by atoms with van der Waals surface area (Å²) in [5, 5.41) is 3.43. The zero-order chi connectivity index (χ0) is 13.8. The van der Waals surface area contributed by atoms with Gasteiger partial charge in [0.1, 0.15) is 11.5 Å². The van der Waals surface area contributed by atoms with E-state index in [1.807, 2.05) is 0 Å². The fourth-order valence-corrected chi connectivity index (χ4v) is 1.91. The van der Waals surface area contributed by atoms with Crippen LogP contribution >= 0.6 is 0 Å². The summed E-state index contributed by atoms with van der Waals surface area (Å²) in [5.41, 5.74) is 0.126. The van der Waals surface area contributed by atoms with Gasteiger partial charge in [-0.2, -0.15) is 0 Å². The summed E-state index contributed by atoms with van der Waals surface area (Å²) < 4.78 is 5.83. The van der Waals surface area contributed by atoms with Gasteiger partial charge in [-0.1, -0.05) is 13.8 Å². The summed E-state index contributed by atoms with van der Waals surface area (Å²) in [4.78, 5) is 2.30. The first kappa shape index (κ1) is 15.3. The third-order valence-corrected chi connectivity index (χ3v) is 2.61. The maximum absolute atomic E-state index is 5.83. The van der Waals surface area contributed by atoms with Crippen molar-refractivity contribution in [2.24, 2.45) is 5.92 Å². The van der Waals surface area contributed by atoms with E-state index in [9.17, 15) is 0 Å². The quantitative estimate of drug-likeness (QED) is 0.842. The normalized spacial score (nSPS) is 12.7. The summed E-state index contributed by atoms with van der Waals surface area (Å²) in [5.74, 6) is 2.74. The highest BCUT2D eigenvalue weighted by molar-refractivity contribution is 5.07. The molecule has 0 bridgehead atoms. The number of rotatable bonds is 6. The van der Waals surface area contributed by atoms with Crippen LogP contribution in [0.5, 0.6) is 0 Å².